The number of nitrogens with zero attached hydrogens (tertiary/aromatic N) is 4. The van der Waals surface area contributed by atoms with Crippen molar-refractivity contribution in [3.63, 3.8) is 0 Å². The van der Waals surface area contributed by atoms with Crippen LogP contribution in [0.25, 0.3) is 5.65 Å². The SMILES string of the molecule is Cc1ccsc1C(=O)N1CCN(Cc2cc(=O)n3ccccc3n2)CC1. The molecule has 4 rings (SSSR count). The van der Waals surface area contributed by atoms with Crippen LogP contribution in [0.1, 0.15) is 20.9 Å². The molecule has 0 N–H and O–H groups in total. The van der Waals surface area contributed by atoms with E-state index >= 15 is 0 Å². The largest absolute Gasteiger partial charge is 0.335 e. The molecule has 1 saturated heterocycles. The van der Waals surface area contributed by atoms with Gasteiger partial charge in [-0.15, -0.1) is 11.3 Å². The van der Waals surface area contributed by atoms with E-state index in [4.69, 9.17) is 0 Å². The normalized spacial score (nSPS) is 15.5. The van der Waals surface area contributed by atoms with E-state index in [1.807, 2.05) is 41.5 Å². The highest BCUT2D eigenvalue weighted by molar-refractivity contribution is 7.12. The minimum atomic E-state index is -0.0624. The lowest BCUT2D eigenvalue weighted by atomic mass is 10.2. The highest BCUT2D eigenvalue weighted by Gasteiger charge is 2.24. The predicted molar refractivity (Wildman–Crippen MR) is 102 cm³/mol. The summed E-state index contributed by atoms with van der Waals surface area (Å²) in [4.78, 5) is 34.4. The monoisotopic (exact) mass is 368 g/mol. The van der Waals surface area contributed by atoms with Gasteiger partial charge in [0.05, 0.1) is 10.6 Å². The van der Waals surface area contributed by atoms with Crippen molar-refractivity contribution in [1.29, 1.82) is 0 Å². The van der Waals surface area contributed by atoms with Crippen LogP contribution in [0.5, 0.6) is 0 Å². The first-order valence-electron chi connectivity index (χ1n) is 8.65. The van der Waals surface area contributed by atoms with Gasteiger partial charge in [-0.05, 0) is 36.1 Å². The van der Waals surface area contributed by atoms with Crippen molar-refractivity contribution < 1.29 is 4.79 Å². The zero-order valence-electron chi connectivity index (χ0n) is 14.6. The number of fused-ring (bicyclic) bond motifs is 1. The molecule has 0 saturated carbocycles. The van der Waals surface area contributed by atoms with Crippen LogP contribution in [0.2, 0.25) is 0 Å². The van der Waals surface area contributed by atoms with Gasteiger partial charge in [0, 0.05) is 45.0 Å². The molecule has 1 amide bonds. The van der Waals surface area contributed by atoms with E-state index in [9.17, 15) is 9.59 Å². The van der Waals surface area contributed by atoms with Gasteiger partial charge in [0.25, 0.3) is 11.5 Å². The summed E-state index contributed by atoms with van der Waals surface area (Å²) in [6.07, 6.45) is 1.73. The second-order valence-corrected chi connectivity index (χ2v) is 7.43. The van der Waals surface area contributed by atoms with Gasteiger partial charge in [-0.1, -0.05) is 6.07 Å². The van der Waals surface area contributed by atoms with Gasteiger partial charge in [-0.25, -0.2) is 4.98 Å². The van der Waals surface area contributed by atoms with Crippen molar-refractivity contribution in [3.8, 4) is 0 Å². The number of thiophene rings is 1. The Hall–Kier alpha value is -2.51. The first kappa shape index (κ1) is 16.9. The number of pyridine rings is 1. The van der Waals surface area contributed by atoms with Crippen molar-refractivity contribution in [1.82, 2.24) is 19.2 Å². The van der Waals surface area contributed by atoms with Crippen molar-refractivity contribution in [2.24, 2.45) is 0 Å². The van der Waals surface area contributed by atoms with E-state index in [0.717, 1.165) is 29.2 Å². The van der Waals surface area contributed by atoms with Gasteiger partial charge >= 0.3 is 0 Å². The van der Waals surface area contributed by atoms with Gasteiger partial charge in [0.2, 0.25) is 0 Å². The molecule has 134 valence electrons. The third kappa shape index (κ3) is 3.27. The summed E-state index contributed by atoms with van der Waals surface area (Å²) in [6, 6.07) is 9.12. The Morgan fingerprint density at radius 2 is 2.00 bits per heavy atom. The lowest BCUT2D eigenvalue weighted by Crippen LogP contribution is -2.48. The van der Waals surface area contributed by atoms with Crippen LogP contribution in [0.3, 0.4) is 0 Å². The topological polar surface area (TPSA) is 57.9 Å². The second-order valence-electron chi connectivity index (χ2n) is 6.52. The van der Waals surface area contributed by atoms with Crippen molar-refractivity contribution in [2.45, 2.75) is 13.5 Å². The van der Waals surface area contributed by atoms with E-state index in [1.54, 1.807) is 16.7 Å². The molecule has 6 nitrogen and oxygen atoms in total. The Kier molecular flexibility index (Phi) is 4.57. The van der Waals surface area contributed by atoms with Crippen LogP contribution in [0.4, 0.5) is 0 Å². The molecule has 0 unspecified atom stereocenters. The molecular weight excluding hydrogens is 348 g/mol. The van der Waals surface area contributed by atoms with Crippen LogP contribution in [0, 0.1) is 6.92 Å². The molecule has 3 aromatic rings. The highest BCUT2D eigenvalue weighted by atomic mass is 32.1. The molecular formula is C19H20N4O2S. The average Bonchev–Trinajstić information content (AvgIpc) is 3.08. The Labute approximate surface area is 155 Å². The molecule has 4 heterocycles. The summed E-state index contributed by atoms with van der Waals surface area (Å²) in [5.74, 6) is 0.124. The van der Waals surface area contributed by atoms with E-state index in [1.165, 1.54) is 11.3 Å². The lowest BCUT2D eigenvalue weighted by Gasteiger charge is -2.34. The smallest absolute Gasteiger partial charge is 0.264 e. The molecule has 1 aliphatic rings. The molecule has 0 aliphatic carbocycles. The van der Waals surface area contributed by atoms with Crippen LogP contribution >= 0.6 is 11.3 Å². The van der Waals surface area contributed by atoms with Crippen LogP contribution < -0.4 is 5.56 Å². The maximum Gasteiger partial charge on any atom is 0.264 e. The molecule has 7 heteroatoms. The van der Waals surface area contributed by atoms with Gasteiger partial charge in [-0.2, -0.15) is 0 Å². The lowest BCUT2D eigenvalue weighted by molar-refractivity contribution is 0.0631. The van der Waals surface area contributed by atoms with E-state index in [-0.39, 0.29) is 11.5 Å². The number of carbonyl (C=O) groups is 1. The van der Waals surface area contributed by atoms with Gasteiger partial charge in [-0.3, -0.25) is 18.9 Å². The first-order valence-corrected chi connectivity index (χ1v) is 9.53. The molecule has 0 bridgehead atoms. The number of aromatic nitrogens is 2. The van der Waals surface area contributed by atoms with Crippen molar-refractivity contribution in [2.75, 3.05) is 26.2 Å². The fourth-order valence-corrected chi connectivity index (χ4v) is 4.15. The van der Waals surface area contributed by atoms with Gasteiger partial charge < -0.3 is 4.90 Å². The Balaban J connectivity index is 1.42. The van der Waals surface area contributed by atoms with Crippen LogP contribution in [0.15, 0.2) is 46.7 Å². The van der Waals surface area contributed by atoms with Crippen molar-refractivity contribution >= 4 is 22.9 Å². The number of carbonyl (C=O) groups excluding carboxylic acids is 1. The summed E-state index contributed by atoms with van der Waals surface area (Å²) >= 11 is 1.51. The first-order chi connectivity index (χ1) is 12.6. The molecule has 0 aromatic carbocycles. The van der Waals surface area contributed by atoms with Crippen LogP contribution in [-0.4, -0.2) is 51.3 Å². The summed E-state index contributed by atoms with van der Waals surface area (Å²) in [7, 11) is 0. The number of amides is 1. The summed E-state index contributed by atoms with van der Waals surface area (Å²) in [5.41, 5.74) is 2.42. The number of hydrogen-bond acceptors (Lipinski definition) is 5. The average molecular weight is 368 g/mol. The summed E-state index contributed by atoms with van der Waals surface area (Å²) in [6.45, 7) is 5.56. The van der Waals surface area contributed by atoms with E-state index in [0.29, 0.717) is 25.3 Å². The fourth-order valence-electron chi connectivity index (χ4n) is 3.26. The zero-order valence-corrected chi connectivity index (χ0v) is 15.4. The number of rotatable bonds is 3. The van der Waals surface area contributed by atoms with Gasteiger partial charge in [0.15, 0.2) is 0 Å². The molecule has 0 radical (unpaired) electrons. The number of aryl methyl sites for hydroxylation is 1. The minimum absolute atomic E-state index is 0.0624. The standard InChI is InChI=1S/C19H20N4O2S/c1-14-5-11-26-18(14)19(25)22-9-7-21(8-10-22)13-15-12-17(24)23-6-3-2-4-16(23)20-15/h2-6,11-12H,7-10,13H2,1H3. The maximum atomic E-state index is 12.6. The molecule has 1 fully saturated rings. The molecule has 0 spiro atoms. The third-order valence-corrected chi connectivity index (χ3v) is 5.73. The fraction of sp³-hybridized carbons (Fsp3) is 0.316. The minimum Gasteiger partial charge on any atom is -0.335 e. The van der Waals surface area contributed by atoms with Crippen molar-refractivity contribution in [3.05, 3.63) is 68.4 Å². The molecule has 1 aliphatic heterocycles. The second kappa shape index (κ2) is 7.01. The summed E-state index contributed by atoms with van der Waals surface area (Å²) < 4.78 is 1.55. The van der Waals surface area contributed by atoms with Crippen LogP contribution in [-0.2, 0) is 6.54 Å². The molecule has 26 heavy (non-hydrogen) atoms. The Morgan fingerprint density at radius 3 is 2.73 bits per heavy atom. The molecule has 3 aromatic heterocycles. The highest BCUT2D eigenvalue weighted by Crippen LogP contribution is 2.19. The number of piperazine rings is 1. The Morgan fingerprint density at radius 1 is 1.19 bits per heavy atom. The summed E-state index contributed by atoms with van der Waals surface area (Å²) in [5, 5.41) is 1.96. The van der Waals surface area contributed by atoms with E-state index < -0.39 is 0 Å². The number of hydrogen-bond donors (Lipinski definition) is 0. The zero-order chi connectivity index (χ0) is 18.1. The third-order valence-electron chi connectivity index (χ3n) is 4.73. The predicted octanol–water partition coefficient (Wildman–Crippen LogP) is 2.02. The van der Waals surface area contributed by atoms with E-state index in [2.05, 4.69) is 9.88 Å². The van der Waals surface area contributed by atoms with Gasteiger partial charge in [0.1, 0.15) is 5.65 Å². The Bertz CT molecular complexity index is 1000. The quantitative estimate of drug-likeness (QED) is 0.710. The molecule has 0 atom stereocenters. The maximum absolute atomic E-state index is 12.6.